The van der Waals surface area contributed by atoms with Crippen molar-refractivity contribution in [2.24, 2.45) is 0 Å². The third kappa shape index (κ3) is 2.48. The molecule has 0 bridgehead atoms. The third-order valence-corrected chi connectivity index (χ3v) is 3.92. The number of oxazole rings is 1. The fraction of sp³-hybridized carbons (Fsp3) is 0.222. The highest BCUT2D eigenvalue weighted by atomic mass is 19.1. The van der Waals surface area contributed by atoms with Crippen LogP contribution in [0.15, 0.2) is 40.8 Å². The highest BCUT2D eigenvalue weighted by molar-refractivity contribution is 5.78. The first-order valence-corrected chi connectivity index (χ1v) is 7.50. The number of hydrogen-bond acceptors (Lipinski definition) is 4. The molecular weight excluding hydrogens is 297 g/mol. The third-order valence-electron chi connectivity index (χ3n) is 3.92. The molecule has 116 valence electrons. The Labute approximate surface area is 131 Å². The Morgan fingerprint density at radius 3 is 2.74 bits per heavy atom. The normalized spacial score (nSPS) is 14.2. The highest BCUT2D eigenvalue weighted by Crippen LogP contribution is 2.46. The van der Waals surface area contributed by atoms with Crippen molar-refractivity contribution in [2.75, 3.05) is 0 Å². The number of rotatable bonds is 3. The maximum atomic E-state index is 14.9. The van der Waals surface area contributed by atoms with Crippen LogP contribution in [0.1, 0.15) is 31.2 Å². The molecule has 1 aliphatic rings. The van der Waals surface area contributed by atoms with Crippen LogP contribution >= 0.6 is 0 Å². The van der Waals surface area contributed by atoms with Gasteiger partial charge in [-0.05, 0) is 42.5 Å². The molecule has 0 N–H and O–H groups in total. The zero-order valence-corrected chi connectivity index (χ0v) is 12.5. The summed E-state index contributed by atoms with van der Waals surface area (Å²) < 4.78 is 25.6. The minimum absolute atomic E-state index is 0.0980. The van der Waals surface area contributed by atoms with Crippen molar-refractivity contribution in [3.05, 3.63) is 47.8 Å². The average molecular weight is 311 g/mol. The molecular formula is C18H14FNO3. The smallest absolute Gasteiger partial charge is 0.308 e. The van der Waals surface area contributed by atoms with Crippen LogP contribution in [0, 0.1) is 5.82 Å². The summed E-state index contributed by atoms with van der Waals surface area (Å²) in [6.45, 7) is 1.24. The molecule has 4 rings (SSSR count). The number of halogens is 1. The number of aromatic nitrogens is 1. The topological polar surface area (TPSA) is 52.3 Å². The zero-order chi connectivity index (χ0) is 16.0. The summed E-state index contributed by atoms with van der Waals surface area (Å²) in [4.78, 5) is 15.5. The second kappa shape index (κ2) is 5.19. The largest absolute Gasteiger partial charge is 0.436 e. The van der Waals surface area contributed by atoms with Gasteiger partial charge in [0.1, 0.15) is 5.52 Å². The lowest BCUT2D eigenvalue weighted by Crippen LogP contribution is -2.05. The van der Waals surface area contributed by atoms with Gasteiger partial charge in [-0.2, -0.15) is 0 Å². The summed E-state index contributed by atoms with van der Waals surface area (Å²) in [5.74, 6) is -0.734. The van der Waals surface area contributed by atoms with Gasteiger partial charge in [0.25, 0.3) is 0 Å². The number of para-hydroxylation sites is 2. The molecule has 1 aromatic heterocycles. The molecule has 1 aliphatic carbocycles. The second-order valence-corrected chi connectivity index (χ2v) is 5.70. The van der Waals surface area contributed by atoms with E-state index in [9.17, 15) is 9.18 Å². The van der Waals surface area contributed by atoms with E-state index in [2.05, 4.69) is 4.98 Å². The number of nitrogens with zero attached hydrogens (tertiary/aromatic N) is 1. The van der Waals surface area contributed by atoms with Crippen molar-refractivity contribution in [1.29, 1.82) is 0 Å². The second-order valence-electron chi connectivity index (χ2n) is 5.70. The summed E-state index contributed by atoms with van der Waals surface area (Å²) in [6, 6.07) is 10.6. The monoisotopic (exact) mass is 311 g/mol. The van der Waals surface area contributed by atoms with E-state index >= 15 is 0 Å². The van der Waals surface area contributed by atoms with Crippen molar-refractivity contribution >= 4 is 17.1 Å². The molecule has 0 aliphatic heterocycles. The van der Waals surface area contributed by atoms with Crippen molar-refractivity contribution in [1.82, 2.24) is 4.98 Å². The van der Waals surface area contributed by atoms with Gasteiger partial charge in [-0.25, -0.2) is 9.37 Å². The van der Waals surface area contributed by atoms with Gasteiger partial charge in [0.15, 0.2) is 17.1 Å². The Balaban J connectivity index is 1.91. The van der Waals surface area contributed by atoms with Gasteiger partial charge in [0, 0.05) is 6.92 Å². The van der Waals surface area contributed by atoms with Gasteiger partial charge in [-0.1, -0.05) is 18.2 Å². The lowest BCUT2D eigenvalue weighted by molar-refractivity contribution is -0.132. The van der Waals surface area contributed by atoms with Crippen molar-refractivity contribution < 1.29 is 18.3 Å². The van der Waals surface area contributed by atoms with E-state index in [-0.39, 0.29) is 11.6 Å². The molecule has 0 amide bonds. The van der Waals surface area contributed by atoms with E-state index in [1.165, 1.54) is 13.0 Å². The van der Waals surface area contributed by atoms with Crippen LogP contribution in [0.25, 0.3) is 22.6 Å². The van der Waals surface area contributed by atoms with Crippen LogP contribution in [0.3, 0.4) is 0 Å². The van der Waals surface area contributed by atoms with E-state index in [0.29, 0.717) is 22.6 Å². The minimum Gasteiger partial charge on any atom is -0.436 e. The van der Waals surface area contributed by atoms with Crippen LogP contribution in [0.2, 0.25) is 0 Å². The Kier molecular flexibility index (Phi) is 3.15. The van der Waals surface area contributed by atoms with Crippen LogP contribution in [-0.2, 0) is 4.79 Å². The molecule has 23 heavy (non-hydrogen) atoms. The van der Waals surface area contributed by atoms with E-state index in [4.69, 9.17) is 9.15 Å². The van der Waals surface area contributed by atoms with Crippen LogP contribution in [0.4, 0.5) is 4.39 Å². The maximum absolute atomic E-state index is 14.9. The maximum Gasteiger partial charge on any atom is 0.308 e. The first-order chi connectivity index (χ1) is 11.1. The Bertz CT molecular complexity index is 879. The fourth-order valence-electron chi connectivity index (χ4n) is 2.74. The first kappa shape index (κ1) is 13.9. The van der Waals surface area contributed by atoms with Gasteiger partial charge in [0.05, 0.1) is 5.56 Å². The summed E-state index contributed by atoms with van der Waals surface area (Å²) in [7, 11) is 0. The van der Waals surface area contributed by atoms with Crippen molar-refractivity contribution in [2.45, 2.75) is 25.7 Å². The summed E-state index contributed by atoms with van der Waals surface area (Å²) in [5.41, 5.74) is 2.41. The summed E-state index contributed by atoms with van der Waals surface area (Å²) >= 11 is 0. The minimum atomic E-state index is -0.601. The molecule has 0 atom stereocenters. The number of esters is 1. The van der Waals surface area contributed by atoms with E-state index in [1.54, 1.807) is 12.1 Å². The van der Waals surface area contributed by atoms with E-state index in [1.807, 2.05) is 18.2 Å². The molecule has 1 fully saturated rings. The molecule has 0 radical (unpaired) electrons. The molecule has 0 spiro atoms. The summed E-state index contributed by atoms with van der Waals surface area (Å²) in [6.07, 6.45) is 2.03. The molecule has 5 heteroatoms. The number of carbonyl (C=O) groups excluding carboxylic acids is 1. The summed E-state index contributed by atoms with van der Waals surface area (Å²) in [5, 5.41) is 0. The number of hydrogen-bond donors (Lipinski definition) is 0. The predicted molar refractivity (Wildman–Crippen MR) is 82.7 cm³/mol. The Hall–Kier alpha value is -2.69. The highest BCUT2D eigenvalue weighted by Gasteiger charge is 2.31. The standard InChI is InChI=1S/C18H14FNO3/c1-10(21)22-15-9-8-12(11-6-7-11)16(17(15)19)18-20-13-4-2-3-5-14(13)23-18/h2-5,8-9,11H,6-7H2,1H3. The van der Waals surface area contributed by atoms with Crippen LogP contribution < -0.4 is 4.74 Å². The molecule has 1 saturated carbocycles. The molecule has 1 heterocycles. The van der Waals surface area contributed by atoms with Gasteiger partial charge < -0.3 is 9.15 Å². The number of benzene rings is 2. The SMILES string of the molecule is CC(=O)Oc1ccc(C2CC2)c(-c2nc3ccccc3o2)c1F. The Morgan fingerprint density at radius 2 is 2.04 bits per heavy atom. The lowest BCUT2D eigenvalue weighted by atomic mass is 10.0. The number of carbonyl (C=O) groups is 1. The zero-order valence-electron chi connectivity index (χ0n) is 12.5. The van der Waals surface area contributed by atoms with Gasteiger partial charge >= 0.3 is 5.97 Å². The Morgan fingerprint density at radius 1 is 1.26 bits per heavy atom. The van der Waals surface area contributed by atoms with E-state index in [0.717, 1.165) is 18.4 Å². The quantitative estimate of drug-likeness (QED) is 0.530. The van der Waals surface area contributed by atoms with Gasteiger partial charge in [-0.3, -0.25) is 4.79 Å². The first-order valence-electron chi connectivity index (χ1n) is 7.50. The molecule has 2 aromatic carbocycles. The average Bonchev–Trinajstić information content (AvgIpc) is 3.27. The molecule has 4 nitrogen and oxygen atoms in total. The van der Waals surface area contributed by atoms with Crippen LogP contribution in [-0.4, -0.2) is 11.0 Å². The predicted octanol–water partition coefficient (Wildman–Crippen LogP) is 4.44. The molecule has 0 unspecified atom stereocenters. The molecule has 0 saturated heterocycles. The lowest BCUT2D eigenvalue weighted by Gasteiger charge is -2.10. The number of fused-ring (bicyclic) bond motifs is 1. The van der Waals surface area contributed by atoms with Gasteiger partial charge in [0.2, 0.25) is 5.89 Å². The van der Waals surface area contributed by atoms with Crippen LogP contribution in [0.5, 0.6) is 5.75 Å². The fourth-order valence-corrected chi connectivity index (χ4v) is 2.74. The van der Waals surface area contributed by atoms with Crippen molar-refractivity contribution in [3.8, 4) is 17.2 Å². The number of ether oxygens (including phenoxy) is 1. The van der Waals surface area contributed by atoms with Gasteiger partial charge in [-0.15, -0.1) is 0 Å². The molecule has 3 aromatic rings. The van der Waals surface area contributed by atoms with E-state index < -0.39 is 11.8 Å². The van der Waals surface area contributed by atoms with Crippen molar-refractivity contribution in [3.63, 3.8) is 0 Å².